The van der Waals surface area contributed by atoms with Crippen molar-refractivity contribution in [2.45, 2.75) is 19.9 Å². The molecule has 7 heteroatoms. The fraction of sp³-hybridized carbons (Fsp3) is 0.308. The normalized spacial score (nSPS) is 12.0. The maximum atomic E-state index is 5.89. The summed E-state index contributed by atoms with van der Waals surface area (Å²) in [7, 11) is 0. The number of benzene rings is 1. The van der Waals surface area contributed by atoms with Crippen LogP contribution in [0.4, 0.5) is 11.9 Å². The topological polar surface area (TPSA) is 62.7 Å². The van der Waals surface area contributed by atoms with Crippen LogP contribution in [0.25, 0.3) is 0 Å². The molecule has 1 heterocycles. The second-order valence-corrected chi connectivity index (χ2v) is 5.45. The summed E-state index contributed by atoms with van der Waals surface area (Å²) < 4.78 is 1.05. The van der Waals surface area contributed by atoms with E-state index in [2.05, 4.69) is 41.5 Å². The lowest BCUT2D eigenvalue weighted by molar-refractivity contribution is 0.853. The molecule has 0 aliphatic heterocycles. The molecule has 0 aliphatic rings. The molecule has 0 amide bonds. The number of halogens is 2. The predicted molar refractivity (Wildman–Crippen MR) is 85.2 cm³/mol. The third kappa shape index (κ3) is 4.05. The van der Waals surface area contributed by atoms with Crippen molar-refractivity contribution in [2.24, 2.45) is 0 Å². The van der Waals surface area contributed by atoms with Gasteiger partial charge in [-0.15, -0.1) is 0 Å². The molecule has 20 heavy (non-hydrogen) atoms. The highest BCUT2D eigenvalue weighted by Gasteiger charge is 2.09. The number of nitrogens with one attached hydrogen (secondary N) is 2. The average molecular weight is 357 g/mol. The van der Waals surface area contributed by atoms with Crippen LogP contribution in [-0.4, -0.2) is 21.5 Å². The van der Waals surface area contributed by atoms with Gasteiger partial charge in [-0.3, -0.25) is 0 Å². The van der Waals surface area contributed by atoms with Gasteiger partial charge in [0, 0.05) is 11.0 Å². The molecule has 0 bridgehead atoms. The first kappa shape index (κ1) is 15.0. The van der Waals surface area contributed by atoms with Crippen LogP contribution in [-0.2, 0) is 0 Å². The number of aromatic nitrogens is 3. The SMILES string of the molecule is CCNc1nc(Cl)nc(NC(C)c2ccc(Br)cc2)n1. The zero-order chi connectivity index (χ0) is 14.5. The molecule has 1 aromatic carbocycles. The van der Waals surface area contributed by atoms with Gasteiger partial charge in [0.25, 0.3) is 0 Å². The molecule has 1 aromatic heterocycles. The summed E-state index contributed by atoms with van der Waals surface area (Å²) in [6.45, 7) is 4.73. The lowest BCUT2D eigenvalue weighted by Crippen LogP contribution is -2.12. The van der Waals surface area contributed by atoms with E-state index in [0.29, 0.717) is 11.9 Å². The van der Waals surface area contributed by atoms with E-state index in [9.17, 15) is 0 Å². The van der Waals surface area contributed by atoms with Crippen molar-refractivity contribution in [2.75, 3.05) is 17.2 Å². The molecule has 0 saturated carbocycles. The minimum absolute atomic E-state index is 0.0658. The van der Waals surface area contributed by atoms with Crippen LogP contribution in [0.2, 0.25) is 5.28 Å². The Balaban J connectivity index is 2.14. The van der Waals surface area contributed by atoms with Gasteiger partial charge in [0.05, 0.1) is 6.04 Å². The standard InChI is InChI=1S/C13H15BrClN5/c1-3-16-12-18-11(15)19-13(20-12)17-8(2)9-4-6-10(14)7-5-9/h4-8H,3H2,1-2H3,(H2,16,17,18,19,20). The van der Waals surface area contributed by atoms with Crippen molar-refractivity contribution in [1.29, 1.82) is 0 Å². The van der Waals surface area contributed by atoms with Gasteiger partial charge in [-0.2, -0.15) is 15.0 Å². The second-order valence-electron chi connectivity index (χ2n) is 4.20. The molecule has 5 nitrogen and oxygen atoms in total. The van der Waals surface area contributed by atoms with Gasteiger partial charge in [0.2, 0.25) is 17.2 Å². The van der Waals surface area contributed by atoms with E-state index in [1.807, 2.05) is 38.1 Å². The van der Waals surface area contributed by atoms with Gasteiger partial charge in [0.1, 0.15) is 0 Å². The Kier molecular flexibility index (Phi) is 5.14. The predicted octanol–water partition coefficient (Wildman–Crippen LogP) is 3.89. The summed E-state index contributed by atoms with van der Waals surface area (Å²) in [6, 6.07) is 8.14. The Morgan fingerprint density at radius 2 is 1.80 bits per heavy atom. The third-order valence-electron chi connectivity index (χ3n) is 2.66. The van der Waals surface area contributed by atoms with E-state index in [1.54, 1.807) is 0 Å². The van der Waals surface area contributed by atoms with Crippen LogP contribution in [0.3, 0.4) is 0 Å². The molecule has 0 radical (unpaired) electrons. The Hall–Kier alpha value is -1.40. The van der Waals surface area contributed by atoms with Crippen molar-refractivity contribution in [3.63, 3.8) is 0 Å². The monoisotopic (exact) mass is 355 g/mol. The fourth-order valence-electron chi connectivity index (χ4n) is 1.68. The Morgan fingerprint density at radius 3 is 2.45 bits per heavy atom. The first-order valence-corrected chi connectivity index (χ1v) is 7.43. The Morgan fingerprint density at radius 1 is 1.15 bits per heavy atom. The lowest BCUT2D eigenvalue weighted by Gasteiger charge is -2.15. The van der Waals surface area contributed by atoms with Gasteiger partial charge >= 0.3 is 0 Å². The van der Waals surface area contributed by atoms with Crippen LogP contribution in [0.5, 0.6) is 0 Å². The van der Waals surface area contributed by atoms with Crippen LogP contribution in [0.1, 0.15) is 25.5 Å². The molecule has 0 saturated heterocycles. The maximum absolute atomic E-state index is 5.89. The number of rotatable bonds is 5. The molecule has 106 valence electrons. The lowest BCUT2D eigenvalue weighted by atomic mass is 10.1. The number of nitrogens with zero attached hydrogens (tertiary/aromatic N) is 3. The molecular weight excluding hydrogens is 342 g/mol. The fourth-order valence-corrected chi connectivity index (χ4v) is 2.10. The first-order valence-electron chi connectivity index (χ1n) is 6.26. The Bertz CT molecular complexity index is 575. The van der Waals surface area contributed by atoms with E-state index >= 15 is 0 Å². The smallest absolute Gasteiger partial charge is 0.229 e. The zero-order valence-electron chi connectivity index (χ0n) is 11.2. The maximum Gasteiger partial charge on any atom is 0.229 e. The van der Waals surface area contributed by atoms with Crippen molar-refractivity contribution < 1.29 is 0 Å². The van der Waals surface area contributed by atoms with Crippen LogP contribution >= 0.6 is 27.5 Å². The van der Waals surface area contributed by atoms with Crippen molar-refractivity contribution in [3.8, 4) is 0 Å². The molecule has 0 aliphatic carbocycles. The van der Waals surface area contributed by atoms with E-state index in [0.717, 1.165) is 16.6 Å². The molecule has 2 N–H and O–H groups in total. The molecule has 2 aromatic rings. The molecule has 1 unspecified atom stereocenters. The highest BCUT2D eigenvalue weighted by atomic mass is 79.9. The van der Waals surface area contributed by atoms with E-state index in [-0.39, 0.29) is 11.3 Å². The average Bonchev–Trinajstić information content (AvgIpc) is 2.39. The van der Waals surface area contributed by atoms with Gasteiger partial charge in [0.15, 0.2) is 0 Å². The summed E-state index contributed by atoms with van der Waals surface area (Å²) in [5.74, 6) is 0.925. The van der Waals surface area contributed by atoms with Gasteiger partial charge in [-0.25, -0.2) is 0 Å². The van der Waals surface area contributed by atoms with Crippen LogP contribution in [0, 0.1) is 0 Å². The number of anilines is 2. The van der Waals surface area contributed by atoms with Gasteiger partial charge < -0.3 is 10.6 Å². The molecule has 1 atom stereocenters. The summed E-state index contributed by atoms with van der Waals surface area (Å²) in [4.78, 5) is 12.4. The third-order valence-corrected chi connectivity index (χ3v) is 3.36. The van der Waals surface area contributed by atoms with E-state index < -0.39 is 0 Å². The minimum atomic E-state index is 0.0658. The highest BCUT2D eigenvalue weighted by molar-refractivity contribution is 9.10. The number of hydrogen-bond donors (Lipinski definition) is 2. The molecule has 2 rings (SSSR count). The molecule has 0 spiro atoms. The minimum Gasteiger partial charge on any atom is -0.354 e. The summed E-state index contributed by atoms with van der Waals surface area (Å²) in [5.41, 5.74) is 1.13. The zero-order valence-corrected chi connectivity index (χ0v) is 13.5. The molecule has 0 fully saturated rings. The van der Waals surface area contributed by atoms with Crippen LogP contribution in [0.15, 0.2) is 28.7 Å². The quantitative estimate of drug-likeness (QED) is 0.851. The van der Waals surface area contributed by atoms with Crippen molar-refractivity contribution in [1.82, 2.24) is 15.0 Å². The largest absolute Gasteiger partial charge is 0.354 e. The van der Waals surface area contributed by atoms with Crippen LogP contribution < -0.4 is 10.6 Å². The van der Waals surface area contributed by atoms with Gasteiger partial charge in [-0.05, 0) is 43.1 Å². The van der Waals surface area contributed by atoms with Gasteiger partial charge in [-0.1, -0.05) is 28.1 Å². The first-order chi connectivity index (χ1) is 9.58. The summed E-state index contributed by atoms with van der Waals surface area (Å²) in [6.07, 6.45) is 0. The second kappa shape index (κ2) is 6.85. The highest BCUT2D eigenvalue weighted by Crippen LogP contribution is 2.20. The molecular formula is C13H15BrClN5. The Labute approximate surface area is 131 Å². The van der Waals surface area contributed by atoms with E-state index in [1.165, 1.54) is 0 Å². The van der Waals surface area contributed by atoms with E-state index in [4.69, 9.17) is 11.6 Å². The van der Waals surface area contributed by atoms with Crippen molar-refractivity contribution >= 4 is 39.4 Å². The number of hydrogen-bond acceptors (Lipinski definition) is 5. The van der Waals surface area contributed by atoms with Crippen molar-refractivity contribution in [3.05, 3.63) is 39.6 Å². The summed E-state index contributed by atoms with van der Waals surface area (Å²) >= 11 is 9.31. The summed E-state index contributed by atoms with van der Waals surface area (Å²) in [5, 5.41) is 6.40.